The van der Waals surface area contributed by atoms with Crippen molar-refractivity contribution < 1.29 is 14.3 Å². The molecule has 1 aliphatic heterocycles. The van der Waals surface area contributed by atoms with E-state index in [0.29, 0.717) is 36.1 Å². The van der Waals surface area contributed by atoms with Crippen LogP contribution in [-0.2, 0) is 18.4 Å². The normalized spacial score (nSPS) is 14.2. The van der Waals surface area contributed by atoms with E-state index in [9.17, 15) is 5.11 Å². The number of fused-ring (bicyclic) bond motifs is 1. The Morgan fingerprint density at radius 1 is 1.06 bits per heavy atom. The first-order chi connectivity index (χ1) is 17.1. The quantitative estimate of drug-likeness (QED) is 0.418. The van der Waals surface area contributed by atoms with Crippen LogP contribution in [0.1, 0.15) is 11.3 Å². The number of aryl methyl sites for hydroxylation is 2. The van der Waals surface area contributed by atoms with Crippen LogP contribution in [0.2, 0.25) is 0 Å². The zero-order valence-corrected chi connectivity index (χ0v) is 19.7. The van der Waals surface area contributed by atoms with Crippen molar-refractivity contribution >= 4 is 16.8 Å². The molecule has 1 aliphatic rings. The summed E-state index contributed by atoms with van der Waals surface area (Å²) in [6.07, 6.45) is 3.69. The second-order valence-corrected chi connectivity index (χ2v) is 8.79. The van der Waals surface area contributed by atoms with Crippen LogP contribution in [0.5, 0.6) is 0 Å². The zero-order chi connectivity index (χ0) is 23.9. The molecule has 0 unspecified atom stereocenters. The number of aromatic nitrogens is 5. The smallest absolute Gasteiger partial charge is 0.176 e. The Morgan fingerprint density at radius 3 is 2.66 bits per heavy atom. The van der Waals surface area contributed by atoms with Gasteiger partial charge in [-0.3, -0.25) is 4.68 Å². The van der Waals surface area contributed by atoms with Crippen molar-refractivity contribution in [3.63, 3.8) is 0 Å². The second-order valence-electron chi connectivity index (χ2n) is 8.79. The van der Waals surface area contributed by atoms with Gasteiger partial charge in [-0.1, -0.05) is 23.8 Å². The number of hydrogen-bond donors (Lipinski definition) is 1. The van der Waals surface area contributed by atoms with E-state index < -0.39 is 0 Å². The van der Waals surface area contributed by atoms with Gasteiger partial charge >= 0.3 is 0 Å². The summed E-state index contributed by atoms with van der Waals surface area (Å²) in [6.45, 7) is 4.70. The maximum Gasteiger partial charge on any atom is 0.176 e. The Balaban J connectivity index is 1.51. The maximum atomic E-state index is 10.1. The molecule has 0 amide bonds. The molecular weight excluding hydrogens is 444 g/mol. The Labute approximate surface area is 202 Å². The highest BCUT2D eigenvalue weighted by Crippen LogP contribution is 2.35. The van der Waals surface area contributed by atoms with Crippen LogP contribution >= 0.6 is 0 Å². The number of anilines is 1. The third-order valence-electron chi connectivity index (χ3n) is 6.26. The average Bonchev–Trinajstić information content (AvgIpc) is 3.61. The van der Waals surface area contributed by atoms with Crippen LogP contribution in [0.3, 0.4) is 0 Å². The molecule has 4 aromatic heterocycles. The minimum Gasteiger partial charge on any atom is -0.452 e. The van der Waals surface area contributed by atoms with E-state index >= 15 is 0 Å². The van der Waals surface area contributed by atoms with Gasteiger partial charge in [0.1, 0.15) is 11.3 Å². The lowest BCUT2D eigenvalue weighted by atomic mass is 10.1. The summed E-state index contributed by atoms with van der Waals surface area (Å²) in [4.78, 5) is 7.14. The molecule has 1 fully saturated rings. The van der Waals surface area contributed by atoms with Crippen molar-refractivity contribution in [1.29, 1.82) is 0 Å². The SMILES string of the molecule is Cc1cccc(-c2cc(CO)n(-c3cc(N4CCOCC4)c4oc(-c5cnn(C)c5)cc4n3)n2)c1. The number of aliphatic hydroxyl groups excluding tert-OH is 1. The number of morpholine rings is 1. The van der Waals surface area contributed by atoms with Crippen molar-refractivity contribution in [2.45, 2.75) is 13.5 Å². The molecule has 0 radical (unpaired) electrons. The predicted molar refractivity (Wildman–Crippen MR) is 132 cm³/mol. The van der Waals surface area contributed by atoms with Gasteiger partial charge in [0.25, 0.3) is 0 Å². The minimum atomic E-state index is -0.155. The van der Waals surface area contributed by atoms with Gasteiger partial charge in [-0.25, -0.2) is 9.67 Å². The van der Waals surface area contributed by atoms with Crippen LogP contribution in [0.25, 0.3) is 39.5 Å². The molecule has 178 valence electrons. The summed E-state index contributed by atoms with van der Waals surface area (Å²) in [5.41, 5.74) is 6.85. The van der Waals surface area contributed by atoms with Gasteiger partial charge in [0.2, 0.25) is 0 Å². The van der Waals surface area contributed by atoms with Gasteiger partial charge in [-0.05, 0) is 19.1 Å². The number of furan rings is 1. The molecule has 5 aromatic rings. The van der Waals surface area contributed by atoms with Crippen LogP contribution in [0.15, 0.2) is 59.3 Å². The first-order valence-electron chi connectivity index (χ1n) is 11.6. The van der Waals surface area contributed by atoms with E-state index in [1.54, 1.807) is 15.6 Å². The number of aliphatic hydroxyl groups is 1. The zero-order valence-electron chi connectivity index (χ0n) is 19.7. The highest BCUT2D eigenvalue weighted by molar-refractivity contribution is 5.91. The lowest BCUT2D eigenvalue weighted by Gasteiger charge is -2.29. The van der Waals surface area contributed by atoms with Crippen LogP contribution in [0.4, 0.5) is 5.69 Å². The van der Waals surface area contributed by atoms with Gasteiger partial charge in [0.15, 0.2) is 11.4 Å². The molecule has 9 heteroatoms. The molecule has 0 spiro atoms. The van der Waals surface area contributed by atoms with Crippen molar-refractivity contribution in [1.82, 2.24) is 24.5 Å². The summed E-state index contributed by atoms with van der Waals surface area (Å²) in [6, 6.07) is 14.0. The monoisotopic (exact) mass is 470 g/mol. The predicted octanol–water partition coefficient (Wildman–Crippen LogP) is 3.72. The fourth-order valence-corrected chi connectivity index (χ4v) is 4.51. The molecule has 0 saturated carbocycles. The number of ether oxygens (including phenoxy) is 1. The molecular formula is C26H26N6O3. The second kappa shape index (κ2) is 8.68. The Kier molecular flexibility index (Phi) is 5.35. The lowest BCUT2D eigenvalue weighted by molar-refractivity contribution is 0.122. The highest BCUT2D eigenvalue weighted by atomic mass is 16.5. The van der Waals surface area contributed by atoms with Crippen LogP contribution in [-0.4, -0.2) is 56.0 Å². The number of pyridine rings is 1. The third-order valence-corrected chi connectivity index (χ3v) is 6.26. The number of hydrogen-bond acceptors (Lipinski definition) is 7. The number of benzene rings is 1. The fraction of sp³-hybridized carbons (Fsp3) is 0.269. The topological polar surface area (TPSA) is 94.4 Å². The molecule has 1 aromatic carbocycles. The lowest BCUT2D eigenvalue weighted by Crippen LogP contribution is -2.36. The summed E-state index contributed by atoms with van der Waals surface area (Å²) < 4.78 is 15.3. The maximum absolute atomic E-state index is 10.1. The largest absolute Gasteiger partial charge is 0.452 e. The number of nitrogens with zero attached hydrogens (tertiary/aromatic N) is 6. The first-order valence-corrected chi connectivity index (χ1v) is 11.6. The Morgan fingerprint density at radius 2 is 1.91 bits per heavy atom. The van der Waals surface area contributed by atoms with Crippen molar-refractivity contribution in [2.75, 3.05) is 31.2 Å². The summed E-state index contributed by atoms with van der Waals surface area (Å²) in [5, 5.41) is 19.2. The van der Waals surface area contributed by atoms with Gasteiger partial charge in [-0.2, -0.15) is 10.2 Å². The third kappa shape index (κ3) is 3.98. The van der Waals surface area contributed by atoms with E-state index in [2.05, 4.69) is 29.1 Å². The summed E-state index contributed by atoms with van der Waals surface area (Å²) in [7, 11) is 1.88. The van der Waals surface area contributed by atoms with Crippen molar-refractivity contribution in [3.8, 4) is 28.4 Å². The van der Waals surface area contributed by atoms with Crippen molar-refractivity contribution in [2.24, 2.45) is 7.05 Å². The molecule has 0 bridgehead atoms. The molecule has 5 heterocycles. The molecule has 9 nitrogen and oxygen atoms in total. The Bertz CT molecular complexity index is 1510. The van der Waals surface area contributed by atoms with E-state index in [0.717, 1.165) is 46.7 Å². The standard InChI is InChI=1S/C26H26N6O3/c1-17-4-3-5-18(10-17)21-11-20(16-33)32(29-21)25-13-23(31-6-8-34-9-7-31)26-22(28-25)12-24(35-26)19-14-27-30(2)15-19/h3-5,10-15,33H,6-9,16H2,1-2H3. The first kappa shape index (κ1) is 21.6. The molecule has 1 saturated heterocycles. The van der Waals surface area contributed by atoms with Gasteiger partial charge in [-0.15, -0.1) is 0 Å². The molecule has 0 atom stereocenters. The minimum absolute atomic E-state index is 0.155. The van der Waals surface area contributed by atoms with E-state index in [4.69, 9.17) is 19.2 Å². The number of rotatable bonds is 5. The Hall–Kier alpha value is -3.95. The van der Waals surface area contributed by atoms with E-state index in [-0.39, 0.29) is 6.61 Å². The summed E-state index contributed by atoms with van der Waals surface area (Å²) >= 11 is 0. The molecule has 6 rings (SSSR count). The van der Waals surface area contributed by atoms with Gasteiger partial charge in [0.05, 0.1) is 48.7 Å². The van der Waals surface area contributed by atoms with Crippen LogP contribution < -0.4 is 4.90 Å². The average molecular weight is 471 g/mol. The van der Waals surface area contributed by atoms with E-state index in [1.165, 1.54) is 0 Å². The molecule has 1 N–H and O–H groups in total. The van der Waals surface area contributed by atoms with Crippen LogP contribution in [0, 0.1) is 6.92 Å². The molecule has 35 heavy (non-hydrogen) atoms. The van der Waals surface area contributed by atoms with Gasteiger partial charge < -0.3 is 19.2 Å². The highest BCUT2D eigenvalue weighted by Gasteiger charge is 2.22. The fourth-order valence-electron chi connectivity index (χ4n) is 4.51. The molecule has 0 aliphatic carbocycles. The summed E-state index contributed by atoms with van der Waals surface area (Å²) in [5.74, 6) is 1.33. The van der Waals surface area contributed by atoms with Crippen molar-refractivity contribution in [3.05, 3.63) is 66.1 Å². The van der Waals surface area contributed by atoms with E-state index in [1.807, 2.05) is 43.6 Å². The van der Waals surface area contributed by atoms with Gasteiger partial charge in [0, 0.05) is 44.0 Å².